The van der Waals surface area contributed by atoms with E-state index >= 15 is 0 Å². The lowest BCUT2D eigenvalue weighted by Gasteiger charge is -2.26. The summed E-state index contributed by atoms with van der Waals surface area (Å²) in [6, 6.07) is -5.40. The van der Waals surface area contributed by atoms with E-state index in [2.05, 4.69) is 23.3 Å². The van der Waals surface area contributed by atoms with Gasteiger partial charge in [-0.1, -0.05) is 13.8 Å². The Morgan fingerprint density at radius 1 is 0.900 bits per heavy atom. The lowest BCUT2D eigenvalue weighted by molar-refractivity contribution is -0.147. The number of carbonyl (C=O) groups is 5. The van der Waals surface area contributed by atoms with E-state index in [-0.39, 0.29) is 11.7 Å². The van der Waals surface area contributed by atoms with Crippen molar-refractivity contribution in [3.8, 4) is 0 Å². The molecule has 0 aromatic heterocycles. The zero-order valence-corrected chi connectivity index (χ0v) is 17.9. The van der Waals surface area contributed by atoms with Gasteiger partial charge in [-0.2, -0.15) is 12.6 Å². The highest BCUT2D eigenvalue weighted by atomic mass is 32.1. The van der Waals surface area contributed by atoms with E-state index in [0.29, 0.717) is 6.42 Å². The van der Waals surface area contributed by atoms with E-state index in [1.807, 2.05) is 19.2 Å². The van der Waals surface area contributed by atoms with Gasteiger partial charge in [-0.05, 0) is 19.3 Å². The highest BCUT2D eigenvalue weighted by molar-refractivity contribution is 7.80. The number of aliphatic hydroxyl groups is 1. The predicted molar refractivity (Wildman–Crippen MR) is 109 cm³/mol. The smallest absolute Gasteiger partial charge is 0.326 e. The lowest BCUT2D eigenvalue weighted by Crippen LogP contribution is -2.60. The van der Waals surface area contributed by atoms with Crippen molar-refractivity contribution in [3.05, 3.63) is 0 Å². The summed E-state index contributed by atoms with van der Waals surface area (Å²) in [4.78, 5) is 58.7. The Kier molecular flexibility index (Phi) is 12.0. The zero-order chi connectivity index (χ0) is 23.6. The molecule has 0 aromatic carbocycles. The summed E-state index contributed by atoms with van der Waals surface area (Å²) >= 11 is 3.99. The second kappa shape index (κ2) is 13.0. The number of carboxylic acids is 2. The molecule has 5 atom stereocenters. The predicted octanol–water partition coefficient (Wildman–Crippen LogP) is -2.32. The van der Waals surface area contributed by atoms with Crippen LogP contribution in [-0.4, -0.2) is 81.0 Å². The van der Waals surface area contributed by atoms with Gasteiger partial charge in [0.05, 0.1) is 18.6 Å². The molecule has 172 valence electrons. The number of thiol groups is 1. The van der Waals surface area contributed by atoms with Crippen LogP contribution in [0.1, 0.15) is 33.6 Å². The molecule has 0 aliphatic rings. The van der Waals surface area contributed by atoms with Crippen LogP contribution in [0.2, 0.25) is 0 Å². The maximum absolute atomic E-state index is 12.5. The quantitative estimate of drug-likeness (QED) is 0.141. The first-order chi connectivity index (χ1) is 13.8. The maximum Gasteiger partial charge on any atom is 0.326 e. The van der Waals surface area contributed by atoms with Crippen molar-refractivity contribution >= 4 is 42.3 Å². The SMILES string of the molecule is CC(C)CC(N)C(=O)NC(CS)C(=O)NC(C(=O)NC(CC(=O)O)C(=O)O)C(C)O. The highest BCUT2D eigenvalue weighted by Gasteiger charge is 2.33. The van der Waals surface area contributed by atoms with Crippen LogP contribution in [0, 0.1) is 5.92 Å². The maximum atomic E-state index is 12.5. The van der Waals surface area contributed by atoms with E-state index in [1.54, 1.807) is 0 Å². The normalized spacial score (nSPS) is 16.0. The van der Waals surface area contributed by atoms with Crippen molar-refractivity contribution in [1.82, 2.24) is 16.0 Å². The number of hydrogen-bond donors (Lipinski definition) is 8. The van der Waals surface area contributed by atoms with E-state index in [9.17, 15) is 29.1 Å². The van der Waals surface area contributed by atoms with Gasteiger partial charge in [-0.3, -0.25) is 19.2 Å². The lowest BCUT2D eigenvalue weighted by atomic mass is 10.0. The van der Waals surface area contributed by atoms with Crippen molar-refractivity contribution in [1.29, 1.82) is 0 Å². The van der Waals surface area contributed by atoms with Crippen molar-refractivity contribution in [2.75, 3.05) is 5.75 Å². The fourth-order valence-electron chi connectivity index (χ4n) is 2.38. The van der Waals surface area contributed by atoms with Crippen LogP contribution in [0.25, 0.3) is 0 Å². The van der Waals surface area contributed by atoms with E-state index in [1.165, 1.54) is 6.92 Å². The Morgan fingerprint density at radius 3 is 1.83 bits per heavy atom. The van der Waals surface area contributed by atoms with Crippen LogP contribution in [-0.2, 0) is 24.0 Å². The summed E-state index contributed by atoms with van der Waals surface area (Å²) in [5.41, 5.74) is 5.77. The number of amides is 3. The molecular weight excluding hydrogens is 420 g/mol. The minimum absolute atomic E-state index is 0.142. The van der Waals surface area contributed by atoms with Crippen molar-refractivity contribution in [2.24, 2.45) is 11.7 Å². The van der Waals surface area contributed by atoms with Gasteiger partial charge in [0, 0.05) is 5.75 Å². The molecule has 30 heavy (non-hydrogen) atoms. The van der Waals surface area contributed by atoms with Crippen molar-refractivity contribution in [2.45, 2.75) is 63.9 Å². The van der Waals surface area contributed by atoms with Crippen molar-refractivity contribution < 1.29 is 39.3 Å². The molecule has 0 rings (SSSR count). The number of nitrogens with two attached hydrogens (primary N) is 1. The first-order valence-corrected chi connectivity index (χ1v) is 9.83. The number of nitrogens with one attached hydrogen (secondary N) is 3. The molecule has 0 aliphatic carbocycles. The van der Waals surface area contributed by atoms with Gasteiger partial charge >= 0.3 is 11.9 Å². The van der Waals surface area contributed by atoms with Crippen LogP contribution >= 0.6 is 12.6 Å². The molecule has 0 radical (unpaired) electrons. The second-order valence-corrected chi connectivity index (χ2v) is 7.57. The first-order valence-electron chi connectivity index (χ1n) is 9.20. The summed E-state index contributed by atoms with van der Waals surface area (Å²) < 4.78 is 0. The third kappa shape index (κ3) is 9.89. The third-order valence-corrected chi connectivity index (χ3v) is 4.30. The molecule has 8 N–H and O–H groups in total. The molecule has 12 nitrogen and oxygen atoms in total. The standard InChI is InChI=1S/C17H30N4O8S/c1-7(2)4-9(18)14(25)20-11(6-30)15(26)21-13(8(3)22)16(27)19-10(17(28)29)5-12(23)24/h7-11,13,22,30H,4-6,18H2,1-3H3,(H,19,27)(H,20,25)(H,21,26)(H,23,24)(H,28,29). The Bertz CT molecular complexity index is 643. The zero-order valence-electron chi connectivity index (χ0n) is 17.0. The monoisotopic (exact) mass is 450 g/mol. The van der Waals surface area contributed by atoms with Crippen LogP contribution in [0.15, 0.2) is 0 Å². The summed E-state index contributed by atoms with van der Waals surface area (Å²) in [5.74, 6) is -5.61. The number of rotatable bonds is 13. The number of carbonyl (C=O) groups excluding carboxylic acids is 3. The molecule has 0 saturated carbocycles. The van der Waals surface area contributed by atoms with Crippen LogP contribution in [0.4, 0.5) is 0 Å². The van der Waals surface area contributed by atoms with Crippen LogP contribution in [0.3, 0.4) is 0 Å². The molecule has 0 bridgehead atoms. The minimum atomic E-state index is -1.76. The van der Waals surface area contributed by atoms with Gasteiger partial charge in [0.15, 0.2) is 0 Å². The molecule has 0 saturated heterocycles. The van der Waals surface area contributed by atoms with Gasteiger partial charge in [0.1, 0.15) is 18.1 Å². The molecule has 0 fully saturated rings. The third-order valence-electron chi connectivity index (χ3n) is 3.93. The van der Waals surface area contributed by atoms with Crippen molar-refractivity contribution in [3.63, 3.8) is 0 Å². The molecular formula is C17H30N4O8S. The molecule has 0 heterocycles. The van der Waals surface area contributed by atoms with E-state index in [4.69, 9.17) is 15.9 Å². The first kappa shape index (κ1) is 27.6. The van der Waals surface area contributed by atoms with E-state index in [0.717, 1.165) is 0 Å². The summed E-state index contributed by atoms with van der Waals surface area (Å²) in [6.07, 6.45) is -1.97. The van der Waals surface area contributed by atoms with E-state index < -0.39 is 66.4 Å². The Labute approximate surface area is 179 Å². The van der Waals surface area contributed by atoms with Gasteiger partial charge < -0.3 is 37.0 Å². The molecule has 0 aromatic rings. The van der Waals surface area contributed by atoms with Gasteiger partial charge in [0.25, 0.3) is 0 Å². The summed E-state index contributed by atoms with van der Waals surface area (Å²) in [7, 11) is 0. The fourth-order valence-corrected chi connectivity index (χ4v) is 2.64. The number of aliphatic hydroxyl groups excluding tert-OH is 1. The topological polar surface area (TPSA) is 208 Å². The summed E-state index contributed by atoms with van der Waals surface area (Å²) in [6.45, 7) is 4.91. The Morgan fingerprint density at radius 2 is 1.43 bits per heavy atom. The number of carboxylic acid groups (broad SMARTS) is 2. The number of aliphatic carboxylic acids is 2. The van der Waals surface area contributed by atoms with Crippen LogP contribution in [0.5, 0.6) is 0 Å². The molecule has 13 heteroatoms. The molecule has 5 unspecified atom stereocenters. The van der Waals surface area contributed by atoms with Gasteiger partial charge in [0.2, 0.25) is 17.7 Å². The molecule has 0 spiro atoms. The molecule has 0 aliphatic heterocycles. The van der Waals surface area contributed by atoms with Gasteiger partial charge in [-0.15, -0.1) is 0 Å². The molecule has 3 amide bonds. The van der Waals surface area contributed by atoms with Gasteiger partial charge in [-0.25, -0.2) is 4.79 Å². The second-order valence-electron chi connectivity index (χ2n) is 7.20. The Balaban J connectivity index is 5.19. The highest BCUT2D eigenvalue weighted by Crippen LogP contribution is 2.04. The Hall–Kier alpha value is -2.38. The number of hydrogen-bond acceptors (Lipinski definition) is 8. The minimum Gasteiger partial charge on any atom is -0.481 e. The average molecular weight is 451 g/mol. The fraction of sp³-hybridized carbons (Fsp3) is 0.706. The average Bonchev–Trinajstić information content (AvgIpc) is 2.61. The van der Waals surface area contributed by atoms with Crippen LogP contribution < -0.4 is 21.7 Å². The summed E-state index contributed by atoms with van der Waals surface area (Å²) in [5, 5.41) is 34.1. The largest absolute Gasteiger partial charge is 0.481 e.